The lowest BCUT2D eigenvalue weighted by molar-refractivity contribution is 0.100. The van der Waals surface area contributed by atoms with Crippen LogP contribution in [-0.2, 0) is 0 Å². The number of benzene rings is 1. The van der Waals surface area contributed by atoms with E-state index < -0.39 is 0 Å². The van der Waals surface area contributed by atoms with Crippen LogP contribution in [0.2, 0.25) is 0 Å². The molecule has 0 spiro atoms. The van der Waals surface area contributed by atoms with Crippen LogP contribution in [0.1, 0.15) is 38.8 Å². The van der Waals surface area contributed by atoms with Gasteiger partial charge in [-0.2, -0.15) is 0 Å². The smallest absolute Gasteiger partial charge is 0.0472 e. The number of likely N-dealkylation sites (N-methyl/N-ethyl adjacent to an activating group) is 1. The van der Waals surface area contributed by atoms with Crippen molar-refractivity contribution < 1.29 is 0 Å². The monoisotopic (exact) mass is 220 g/mol. The molecule has 2 heteroatoms. The molecular formula is C14H24N2. The van der Waals surface area contributed by atoms with Gasteiger partial charge in [0.1, 0.15) is 0 Å². The van der Waals surface area contributed by atoms with Gasteiger partial charge in [0, 0.05) is 18.1 Å². The topological polar surface area (TPSA) is 29.3 Å². The van der Waals surface area contributed by atoms with E-state index in [4.69, 9.17) is 5.73 Å². The van der Waals surface area contributed by atoms with Crippen LogP contribution in [0.5, 0.6) is 0 Å². The molecule has 0 aromatic heterocycles. The summed E-state index contributed by atoms with van der Waals surface area (Å²) in [6.45, 7) is 7.40. The van der Waals surface area contributed by atoms with Gasteiger partial charge >= 0.3 is 0 Å². The second-order valence-corrected chi connectivity index (χ2v) is 4.94. The Labute approximate surface area is 99.5 Å². The molecule has 0 aliphatic rings. The predicted octanol–water partition coefficient (Wildman–Crippen LogP) is 2.81. The lowest BCUT2D eigenvalue weighted by atomic mass is 9.95. The van der Waals surface area contributed by atoms with Gasteiger partial charge in [0.15, 0.2) is 0 Å². The molecule has 1 rings (SSSR count). The van der Waals surface area contributed by atoms with Crippen molar-refractivity contribution in [2.24, 2.45) is 5.73 Å². The summed E-state index contributed by atoms with van der Waals surface area (Å²) in [5.74, 6) is 0. The molecule has 1 aromatic rings. The summed E-state index contributed by atoms with van der Waals surface area (Å²) in [4.78, 5) is 2.38. The second kappa shape index (κ2) is 5.46. The average molecular weight is 220 g/mol. The summed E-state index contributed by atoms with van der Waals surface area (Å²) in [6, 6.07) is 10.8. The van der Waals surface area contributed by atoms with Crippen LogP contribution < -0.4 is 5.73 Å². The summed E-state index contributed by atoms with van der Waals surface area (Å²) >= 11 is 0. The fraction of sp³-hybridized carbons (Fsp3) is 0.571. The molecule has 1 atom stereocenters. The van der Waals surface area contributed by atoms with E-state index in [1.807, 2.05) is 6.07 Å². The Kier molecular flexibility index (Phi) is 4.51. The van der Waals surface area contributed by atoms with Gasteiger partial charge in [0.25, 0.3) is 0 Å². The Hall–Kier alpha value is -0.860. The molecule has 0 saturated heterocycles. The molecule has 0 fully saturated rings. The summed E-state index contributed by atoms with van der Waals surface area (Å²) in [5.41, 5.74) is 7.40. The first-order chi connectivity index (χ1) is 7.53. The van der Waals surface area contributed by atoms with Crippen LogP contribution in [0.3, 0.4) is 0 Å². The van der Waals surface area contributed by atoms with Crippen molar-refractivity contribution in [3.8, 4) is 0 Å². The fourth-order valence-corrected chi connectivity index (χ4v) is 1.86. The van der Waals surface area contributed by atoms with Gasteiger partial charge in [-0.15, -0.1) is 0 Å². The third-order valence-electron chi connectivity index (χ3n) is 3.70. The Morgan fingerprint density at radius 3 is 2.25 bits per heavy atom. The quantitative estimate of drug-likeness (QED) is 0.826. The molecule has 0 heterocycles. The summed E-state index contributed by atoms with van der Waals surface area (Å²) < 4.78 is 0. The molecule has 2 N–H and O–H groups in total. The lowest BCUT2D eigenvalue weighted by Gasteiger charge is -2.40. The van der Waals surface area contributed by atoms with Crippen LogP contribution in [0.15, 0.2) is 30.3 Å². The number of rotatable bonds is 5. The van der Waals surface area contributed by atoms with Crippen molar-refractivity contribution in [2.75, 3.05) is 13.6 Å². The Balaban J connectivity index is 2.91. The molecule has 1 aromatic carbocycles. The Morgan fingerprint density at radius 2 is 1.81 bits per heavy atom. The van der Waals surface area contributed by atoms with Crippen LogP contribution in [-0.4, -0.2) is 24.0 Å². The van der Waals surface area contributed by atoms with Crippen molar-refractivity contribution >= 4 is 0 Å². The minimum absolute atomic E-state index is 0.180. The van der Waals surface area contributed by atoms with E-state index in [9.17, 15) is 0 Å². The van der Waals surface area contributed by atoms with E-state index in [1.54, 1.807) is 0 Å². The third kappa shape index (κ3) is 2.83. The van der Waals surface area contributed by atoms with Gasteiger partial charge in [-0.3, -0.25) is 4.90 Å². The highest BCUT2D eigenvalue weighted by molar-refractivity contribution is 5.19. The number of hydrogen-bond acceptors (Lipinski definition) is 2. The number of nitrogens with zero attached hydrogens (tertiary/aromatic N) is 1. The molecule has 2 nitrogen and oxygen atoms in total. The fourth-order valence-electron chi connectivity index (χ4n) is 1.86. The first-order valence-electron chi connectivity index (χ1n) is 6.01. The first kappa shape index (κ1) is 13.2. The van der Waals surface area contributed by atoms with Gasteiger partial charge in [0.05, 0.1) is 0 Å². The van der Waals surface area contributed by atoms with E-state index in [1.165, 1.54) is 5.56 Å². The van der Waals surface area contributed by atoms with Gasteiger partial charge < -0.3 is 5.73 Å². The van der Waals surface area contributed by atoms with Crippen molar-refractivity contribution in [3.63, 3.8) is 0 Å². The van der Waals surface area contributed by atoms with Crippen LogP contribution in [0.25, 0.3) is 0 Å². The van der Waals surface area contributed by atoms with Gasteiger partial charge in [-0.25, -0.2) is 0 Å². The van der Waals surface area contributed by atoms with Crippen molar-refractivity contribution in [2.45, 2.75) is 38.8 Å². The number of hydrogen-bond donors (Lipinski definition) is 1. The van der Waals surface area contributed by atoms with Crippen LogP contribution in [0, 0.1) is 0 Å². The molecule has 16 heavy (non-hydrogen) atoms. The molecule has 0 radical (unpaired) electrons. The summed E-state index contributed by atoms with van der Waals surface area (Å²) in [7, 11) is 2.16. The van der Waals surface area contributed by atoms with Crippen LogP contribution >= 0.6 is 0 Å². The minimum atomic E-state index is 0.180. The maximum atomic E-state index is 5.92. The van der Waals surface area contributed by atoms with Gasteiger partial charge in [-0.05, 0) is 32.9 Å². The normalized spacial score (nSPS) is 14.1. The number of nitrogens with two attached hydrogens (primary N) is 1. The highest BCUT2D eigenvalue weighted by Crippen LogP contribution is 2.27. The zero-order chi connectivity index (χ0) is 12.2. The minimum Gasteiger partial charge on any atom is -0.329 e. The second-order valence-electron chi connectivity index (χ2n) is 4.94. The molecule has 1 unspecified atom stereocenters. The maximum absolute atomic E-state index is 5.92. The average Bonchev–Trinajstić information content (AvgIpc) is 2.31. The van der Waals surface area contributed by atoms with E-state index in [0.717, 1.165) is 6.42 Å². The van der Waals surface area contributed by atoms with E-state index in [2.05, 4.69) is 57.0 Å². The molecule has 0 aliphatic heterocycles. The molecule has 90 valence electrons. The first-order valence-corrected chi connectivity index (χ1v) is 6.01. The van der Waals surface area contributed by atoms with E-state index in [0.29, 0.717) is 12.6 Å². The largest absolute Gasteiger partial charge is 0.329 e. The van der Waals surface area contributed by atoms with E-state index >= 15 is 0 Å². The molecule has 0 aliphatic carbocycles. The molecule has 0 bridgehead atoms. The lowest BCUT2D eigenvalue weighted by Crippen LogP contribution is -2.45. The third-order valence-corrected chi connectivity index (χ3v) is 3.70. The van der Waals surface area contributed by atoms with Crippen molar-refractivity contribution in [1.82, 2.24) is 4.90 Å². The van der Waals surface area contributed by atoms with Gasteiger partial charge in [0.2, 0.25) is 0 Å². The molecule has 0 saturated carbocycles. The maximum Gasteiger partial charge on any atom is 0.0472 e. The van der Waals surface area contributed by atoms with Gasteiger partial charge in [-0.1, -0.05) is 37.3 Å². The molecular weight excluding hydrogens is 196 g/mol. The standard InChI is InChI=1S/C14H24N2/c1-5-14(2,3)16(4)13(11-15)12-9-7-6-8-10-12/h6-10,13H,5,11,15H2,1-4H3. The highest BCUT2D eigenvalue weighted by Gasteiger charge is 2.27. The zero-order valence-electron chi connectivity index (χ0n) is 10.9. The summed E-state index contributed by atoms with van der Waals surface area (Å²) in [5, 5.41) is 0. The Bertz CT molecular complexity index is 306. The Morgan fingerprint density at radius 1 is 1.25 bits per heavy atom. The predicted molar refractivity (Wildman–Crippen MR) is 70.4 cm³/mol. The van der Waals surface area contributed by atoms with Crippen molar-refractivity contribution in [1.29, 1.82) is 0 Å². The highest BCUT2D eigenvalue weighted by atomic mass is 15.2. The SMILES string of the molecule is CCC(C)(C)N(C)C(CN)c1ccccc1. The molecule has 0 amide bonds. The zero-order valence-corrected chi connectivity index (χ0v) is 10.9. The van der Waals surface area contributed by atoms with Crippen molar-refractivity contribution in [3.05, 3.63) is 35.9 Å². The van der Waals surface area contributed by atoms with Crippen LogP contribution in [0.4, 0.5) is 0 Å². The summed E-state index contributed by atoms with van der Waals surface area (Å²) in [6.07, 6.45) is 1.12. The van der Waals surface area contributed by atoms with E-state index in [-0.39, 0.29) is 5.54 Å².